The molecule has 0 radical (unpaired) electrons. The molecule has 1 heterocycles. The first-order valence-corrected chi connectivity index (χ1v) is 6.15. The van der Waals surface area contributed by atoms with Crippen LogP contribution in [-0.4, -0.2) is 48.1 Å². The van der Waals surface area contributed by atoms with Crippen molar-refractivity contribution in [2.24, 2.45) is 5.73 Å². The van der Waals surface area contributed by atoms with Crippen LogP contribution in [0.2, 0.25) is 0 Å². The van der Waals surface area contributed by atoms with Crippen LogP contribution in [0.1, 0.15) is 15.9 Å². The van der Waals surface area contributed by atoms with E-state index in [-0.39, 0.29) is 17.7 Å². The van der Waals surface area contributed by atoms with Crippen molar-refractivity contribution in [2.75, 3.05) is 26.2 Å². The first kappa shape index (κ1) is 12.9. The van der Waals surface area contributed by atoms with Crippen LogP contribution in [0.4, 0.5) is 0 Å². The number of aryl methyl sites for hydroxylation is 1. The molecule has 5 heteroatoms. The number of nitrogens with one attached hydrogen (secondary N) is 1. The first-order valence-electron chi connectivity index (χ1n) is 6.15. The number of piperazine rings is 1. The zero-order valence-corrected chi connectivity index (χ0v) is 10.5. The number of aromatic hydroxyl groups is 1. The van der Waals surface area contributed by atoms with Gasteiger partial charge in [0.05, 0.1) is 6.04 Å². The van der Waals surface area contributed by atoms with E-state index in [4.69, 9.17) is 5.73 Å². The molecule has 5 nitrogen and oxygen atoms in total. The third-order valence-electron chi connectivity index (χ3n) is 3.34. The number of nitrogens with two attached hydrogens (primary N) is 1. The van der Waals surface area contributed by atoms with E-state index in [2.05, 4.69) is 5.32 Å². The standard InChI is InChI=1S/C13H19N3O2/c1-9-2-3-10(6-12(9)17)13(18)16-5-4-15-8-11(16)7-14/h2-3,6,11,15,17H,4-5,7-8,14H2,1H3. The number of phenols is 1. The lowest BCUT2D eigenvalue weighted by Gasteiger charge is -2.35. The molecule has 0 bridgehead atoms. The zero-order chi connectivity index (χ0) is 13.1. The maximum atomic E-state index is 12.4. The van der Waals surface area contributed by atoms with Gasteiger partial charge in [0.2, 0.25) is 0 Å². The molecule has 1 amide bonds. The number of phenolic OH excluding ortho intramolecular Hbond substituents is 1. The van der Waals surface area contributed by atoms with Crippen molar-refractivity contribution >= 4 is 5.91 Å². The van der Waals surface area contributed by atoms with E-state index < -0.39 is 0 Å². The Hall–Kier alpha value is -1.59. The number of carbonyl (C=O) groups is 1. The van der Waals surface area contributed by atoms with Crippen LogP contribution in [0.25, 0.3) is 0 Å². The SMILES string of the molecule is Cc1ccc(C(=O)N2CCNCC2CN)cc1O. The fourth-order valence-corrected chi connectivity index (χ4v) is 2.15. The molecule has 0 spiro atoms. The summed E-state index contributed by atoms with van der Waals surface area (Å²) in [6, 6.07) is 5.04. The molecule has 98 valence electrons. The van der Waals surface area contributed by atoms with Gasteiger partial charge in [-0.05, 0) is 24.6 Å². The van der Waals surface area contributed by atoms with Crippen LogP contribution < -0.4 is 11.1 Å². The predicted molar refractivity (Wildman–Crippen MR) is 69.6 cm³/mol. The second-order valence-electron chi connectivity index (χ2n) is 4.59. The maximum Gasteiger partial charge on any atom is 0.254 e. The van der Waals surface area contributed by atoms with Crippen LogP contribution in [0.5, 0.6) is 5.75 Å². The third kappa shape index (κ3) is 2.47. The summed E-state index contributed by atoms with van der Waals surface area (Å²) in [4.78, 5) is 14.1. The topological polar surface area (TPSA) is 78.6 Å². The summed E-state index contributed by atoms with van der Waals surface area (Å²) in [5, 5.41) is 12.9. The maximum absolute atomic E-state index is 12.4. The summed E-state index contributed by atoms with van der Waals surface area (Å²) in [7, 11) is 0. The summed E-state index contributed by atoms with van der Waals surface area (Å²) in [5.41, 5.74) is 6.96. The zero-order valence-electron chi connectivity index (χ0n) is 10.5. The second kappa shape index (κ2) is 5.37. The average Bonchev–Trinajstić information content (AvgIpc) is 2.41. The number of benzene rings is 1. The van der Waals surface area contributed by atoms with Gasteiger partial charge in [-0.3, -0.25) is 4.79 Å². The Morgan fingerprint density at radius 2 is 2.39 bits per heavy atom. The van der Waals surface area contributed by atoms with Crippen LogP contribution in [-0.2, 0) is 0 Å². The van der Waals surface area contributed by atoms with Gasteiger partial charge in [-0.1, -0.05) is 6.07 Å². The average molecular weight is 249 g/mol. The summed E-state index contributed by atoms with van der Waals surface area (Å²) in [6.45, 7) is 4.39. The van der Waals surface area contributed by atoms with Gasteiger partial charge in [-0.15, -0.1) is 0 Å². The molecule has 1 atom stereocenters. The molecule has 1 fully saturated rings. The molecule has 1 aromatic rings. The van der Waals surface area contributed by atoms with Crippen molar-refractivity contribution in [1.29, 1.82) is 0 Å². The van der Waals surface area contributed by atoms with Gasteiger partial charge < -0.3 is 21.1 Å². The molecule has 1 saturated heterocycles. The fraction of sp³-hybridized carbons (Fsp3) is 0.462. The van der Waals surface area contributed by atoms with Gasteiger partial charge in [0.25, 0.3) is 5.91 Å². The second-order valence-corrected chi connectivity index (χ2v) is 4.59. The quantitative estimate of drug-likeness (QED) is 0.693. The lowest BCUT2D eigenvalue weighted by molar-refractivity contribution is 0.0644. The van der Waals surface area contributed by atoms with E-state index >= 15 is 0 Å². The van der Waals surface area contributed by atoms with Crippen LogP contribution in [0.3, 0.4) is 0 Å². The van der Waals surface area contributed by atoms with Crippen molar-refractivity contribution in [3.8, 4) is 5.75 Å². The number of hydrogen-bond acceptors (Lipinski definition) is 4. The summed E-state index contributed by atoms with van der Waals surface area (Å²) in [6.07, 6.45) is 0. The Morgan fingerprint density at radius 1 is 1.61 bits per heavy atom. The Labute approximate surface area is 107 Å². The van der Waals surface area contributed by atoms with E-state index in [1.165, 1.54) is 6.07 Å². The largest absolute Gasteiger partial charge is 0.508 e. The van der Waals surface area contributed by atoms with E-state index in [9.17, 15) is 9.90 Å². The molecule has 1 aliphatic rings. The molecule has 0 saturated carbocycles. The highest BCUT2D eigenvalue weighted by molar-refractivity contribution is 5.95. The van der Waals surface area contributed by atoms with Crippen molar-refractivity contribution in [3.05, 3.63) is 29.3 Å². The Balaban J connectivity index is 2.21. The number of amides is 1. The van der Waals surface area contributed by atoms with Gasteiger partial charge in [-0.25, -0.2) is 0 Å². The summed E-state index contributed by atoms with van der Waals surface area (Å²) in [5.74, 6) is 0.0857. The molecular weight excluding hydrogens is 230 g/mol. The summed E-state index contributed by atoms with van der Waals surface area (Å²) >= 11 is 0. The Morgan fingerprint density at radius 3 is 3.06 bits per heavy atom. The van der Waals surface area contributed by atoms with Crippen molar-refractivity contribution in [1.82, 2.24) is 10.2 Å². The van der Waals surface area contributed by atoms with Gasteiger partial charge >= 0.3 is 0 Å². The van der Waals surface area contributed by atoms with Crippen LogP contribution >= 0.6 is 0 Å². The Kier molecular flexibility index (Phi) is 3.84. The molecule has 0 aliphatic carbocycles. The number of carbonyl (C=O) groups excluding carboxylic acids is 1. The lowest BCUT2D eigenvalue weighted by atomic mass is 10.1. The minimum Gasteiger partial charge on any atom is -0.508 e. The normalized spacial score (nSPS) is 19.9. The smallest absolute Gasteiger partial charge is 0.254 e. The molecule has 18 heavy (non-hydrogen) atoms. The van der Waals surface area contributed by atoms with Gasteiger partial charge in [-0.2, -0.15) is 0 Å². The minimum absolute atomic E-state index is 0.0229. The highest BCUT2D eigenvalue weighted by Gasteiger charge is 2.26. The molecule has 1 aliphatic heterocycles. The number of nitrogens with zero attached hydrogens (tertiary/aromatic N) is 1. The molecule has 4 N–H and O–H groups in total. The Bertz CT molecular complexity index is 448. The molecular formula is C13H19N3O2. The molecule has 1 aromatic carbocycles. The van der Waals surface area contributed by atoms with Crippen molar-refractivity contribution < 1.29 is 9.90 Å². The highest BCUT2D eigenvalue weighted by Crippen LogP contribution is 2.19. The summed E-state index contributed by atoms with van der Waals surface area (Å²) < 4.78 is 0. The number of hydrogen-bond donors (Lipinski definition) is 3. The molecule has 2 rings (SSSR count). The van der Waals surface area contributed by atoms with Crippen molar-refractivity contribution in [2.45, 2.75) is 13.0 Å². The number of rotatable bonds is 2. The predicted octanol–water partition coefficient (Wildman–Crippen LogP) is 0.0733. The first-order chi connectivity index (χ1) is 8.63. The van der Waals surface area contributed by atoms with Gasteiger partial charge in [0.1, 0.15) is 5.75 Å². The monoisotopic (exact) mass is 249 g/mol. The third-order valence-corrected chi connectivity index (χ3v) is 3.34. The van der Waals surface area contributed by atoms with E-state index in [1.54, 1.807) is 24.0 Å². The lowest BCUT2D eigenvalue weighted by Crippen LogP contribution is -2.56. The van der Waals surface area contributed by atoms with Crippen LogP contribution in [0.15, 0.2) is 18.2 Å². The van der Waals surface area contributed by atoms with E-state index in [1.807, 2.05) is 0 Å². The van der Waals surface area contributed by atoms with E-state index in [0.29, 0.717) is 18.7 Å². The van der Waals surface area contributed by atoms with Crippen LogP contribution in [0, 0.1) is 6.92 Å². The van der Waals surface area contributed by atoms with Crippen molar-refractivity contribution in [3.63, 3.8) is 0 Å². The van der Waals surface area contributed by atoms with Gasteiger partial charge in [0, 0.05) is 31.7 Å². The fourth-order valence-electron chi connectivity index (χ4n) is 2.15. The molecule has 1 unspecified atom stereocenters. The van der Waals surface area contributed by atoms with E-state index in [0.717, 1.165) is 18.7 Å². The minimum atomic E-state index is -0.0674. The molecule has 0 aromatic heterocycles. The highest BCUT2D eigenvalue weighted by atomic mass is 16.3. The van der Waals surface area contributed by atoms with Gasteiger partial charge in [0.15, 0.2) is 0 Å².